The van der Waals surface area contributed by atoms with E-state index >= 15 is 0 Å². The summed E-state index contributed by atoms with van der Waals surface area (Å²) in [5, 5.41) is 21.9. The van der Waals surface area contributed by atoms with E-state index in [1.54, 1.807) is 0 Å². The number of amides is 1. The monoisotopic (exact) mass is 381 g/mol. The summed E-state index contributed by atoms with van der Waals surface area (Å²) < 4.78 is 0. The summed E-state index contributed by atoms with van der Waals surface area (Å²) in [6.07, 6.45) is 1.15. The molecule has 1 saturated carbocycles. The lowest BCUT2D eigenvalue weighted by Gasteiger charge is -2.26. The number of anilines is 1. The van der Waals surface area contributed by atoms with E-state index in [1.807, 2.05) is 18.2 Å². The number of fused-ring (bicyclic) bond motifs is 1. The number of carbonyl (C=O) groups excluding carboxylic acids is 1. The number of benzene rings is 1. The highest BCUT2D eigenvalue weighted by molar-refractivity contribution is 7.16. The molecule has 2 atom stereocenters. The fraction of sp³-hybridized carbons (Fsp3) is 0.350. The Morgan fingerprint density at radius 3 is 2.74 bits per heavy atom. The lowest BCUT2D eigenvalue weighted by Crippen LogP contribution is -2.29. The molecule has 1 fully saturated rings. The summed E-state index contributed by atoms with van der Waals surface area (Å²) in [4.78, 5) is 26.7. The van der Waals surface area contributed by atoms with Gasteiger partial charge in [0.1, 0.15) is 11.1 Å². The van der Waals surface area contributed by atoms with Crippen LogP contribution in [0.3, 0.4) is 0 Å². The summed E-state index contributed by atoms with van der Waals surface area (Å²) >= 11 is 1.44. The second-order valence-corrected chi connectivity index (χ2v) is 8.15. The Kier molecular flexibility index (Phi) is 4.68. The van der Waals surface area contributed by atoms with Crippen LogP contribution < -0.4 is 5.32 Å². The Balaban J connectivity index is 1.48. The van der Waals surface area contributed by atoms with Gasteiger partial charge in [-0.05, 0) is 24.0 Å². The van der Waals surface area contributed by atoms with Gasteiger partial charge in [0.05, 0.1) is 17.4 Å². The highest BCUT2D eigenvalue weighted by Crippen LogP contribution is 2.42. The van der Waals surface area contributed by atoms with Crippen LogP contribution in [0.5, 0.6) is 0 Å². The van der Waals surface area contributed by atoms with Crippen molar-refractivity contribution in [3.8, 4) is 6.07 Å². The van der Waals surface area contributed by atoms with E-state index in [9.17, 15) is 14.9 Å². The van der Waals surface area contributed by atoms with E-state index in [0.717, 1.165) is 36.5 Å². The lowest BCUT2D eigenvalue weighted by atomic mass is 10.0. The first-order chi connectivity index (χ1) is 13.1. The van der Waals surface area contributed by atoms with E-state index in [0.29, 0.717) is 17.0 Å². The number of aliphatic carboxylic acids is 1. The van der Waals surface area contributed by atoms with Gasteiger partial charge in [-0.25, -0.2) is 0 Å². The van der Waals surface area contributed by atoms with E-state index in [1.165, 1.54) is 16.9 Å². The fourth-order valence-electron chi connectivity index (χ4n) is 3.60. The van der Waals surface area contributed by atoms with E-state index in [2.05, 4.69) is 28.4 Å². The average molecular weight is 381 g/mol. The van der Waals surface area contributed by atoms with Crippen LogP contribution in [0.2, 0.25) is 0 Å². The van der Waals surface area contributed by atoms with Gasteiger partial charge in [-0.15, -0.1) is 11.3 Å². The molecule has 0 spiro atoms. The number of hydrogen-bond donors (Lipinski definition) is 2. The van der Waals surface area contributed by atoms with Crippen LogP contribution in [0.15, 0.2) is 30.3 Å². The second kappa shape index (κ2) is 7.14. The number of thiophene rings is 1. The van der Waals surface area contributed by atoms with Crippen molar-refractivity contribution >= 4 is 28.2 Å². The van der Waals surface area contributed by atoms with E-state index in [4.69, 9.17) is 5.11 Å². The number of carbonyl (C=O) groups is 2. The van der Waals surface area contributed by atoms with Crippen LogP contribution in [-0.4, -0.2) is 28.4 Å². The molecule has 2 unspecified atom stereocenters. The highest BCUT2D eigenvalue weighted by atomic mass is 32.1. The molecule has 1 amide bonds. The van der Waals surface area contributed by atoms with Crippen LogP contribution in [0.4, 0.5) is 5.00 Å². The maximum Gasteiger partial charge on any atom is 0.307 e. The number of nitriles is 1. The third-order valence-electron chi connectivity index (χ3n) is 5.18. The average Bonchev–Trinajstić information content (AvgIpc) is 3.39. The van der Waals surface area contributed by atoms with Crippen LogP contribution in [0.1, 0.15) is 28.0 Å². The second-order valence-electron chi connectivity index (χ2n) is 7.04. The molecule has 0 bridgehead atoms. The molecule has 1 aliphatic heterocycles. The summed E-state index contributed by atoms with van der Waals surface area (Å²) in [7, 11) is 0. The summed E-state index contributed by atoms with van der Waals surface area (Å²) in [5.41, 5.74) is 2.81. The Morgan fingerprint density at radius 2 is 2.07 bits per heavy atom. The molecule has 7 heteroatoms. The van der Waals surface area contributed by atoms with Crippen molar-refractivity contribution in [1.29, 1.82) is 5.26 Å². The first-order valence-electron chi connectivity index (χ1n) is 8.91. The molecule has 27 heavy (non-hydrogen) atoms. The van der Waals surface area contributed by atoms with E-state index < -0.39 is 17.8 Å². The Bertz CT molecular complexity index is 932. The van der Waals surface area contributed by atoms with Gasteiger partial charge < -0.3 is 10.4 Å². The molecule has 1 aromatic heterocycles. The SMILES string of the molecule is N#Cc1c(NC(=O)C2CC2C(=O)O)sc2c1CCN(Cc1ccccc1)C2. The largest absolute Gasteiger partial charge is 0.481 e. The van der Waals surface area contributed by atoms with Crippen LogP contribution >= 0.6 is 11.3 Å². The van der Waals surface area contributed by atoms with E-state index in [-0.39, 0.29) is 5.91 Å². The van der Waals surface area contributed by atoms with Crippen LogP contribution in [0, 0.1) is 23.2 Å². The zero-order chi connectivity index (χ0) is 19.0. The molecular formula is C20H19N3O3S. The molecule has 6 nitrogen and oxygen atoms in total. The van der Waals surface area contributed by atoms with Gasteiger partial charge in [0.15, 0.2) is 0 Å². The number of nitrogens with zero attached hydrogens (tertiary/aromatic N) is 2. The Hall–Kier alpha value is -2.69. The number of carboxylic acid groups (broad SMARTS) is 1. The molecule has 4 rings (SSSR count). The van der Waals surface area contributed by atoms with Crippen molar-refractivity contribution in [1.82, 2.24) is 4.90 Å². The minimum atomic E-state index is -0.933. The van der Waals surface area contributed by atoms with Crippen molar-refractivity contribution in [3.63, 3.8) is 0 Å². The molecule has 0 radical (unpaired) electrons. The minimum absolute atomic E-state index is 0.293. The zero-order valence-electron chi connectivity index (χ0n) is 14.6. The zero-order valence-corrected chi connectivity index (χ0v) is 15.5. The van der Waals surface area contributed by atoms with Crippen LogP contribution in [0.25, 0.3) is 0 Å². The predicted molar refractivity (Wildman–Crippen MR) is 101 cm³/mol. The lowest BCUT2D eigenvalue weighted by molar-refractivity contribution is -0.139. The number of carboxylic acids is 1. The van der Waals surface area contributed by atoms with Crippen molar-refractivity contribution in [3.05, 3.63) is 51.9 Å². The van der Waals surface area contributed by atoms with Crippen molar-refractivity contribution in [2.75, 3.05) is 11.9 Å². The molecule has 0 saturated heterocycles. The normalized spacial score (nSPS) is 21.1. The molecule has 138 valence electrons. The number of nitrogens with one attached hydrogen (secondary N) is 1. The van der Waals surface area contributed by atoms with Crippen LogP contribution in [-0.2, 0) is 29.1 Å². The first kappa shape index (κ1) is 17.7. The molecule has 2 heterocycles. The Morgan fingerprint density at radius 1 is 1.30 bits per heavy atom. The highest BCUT2D eigenvalue weighted by Gasteiger charge is 2.48. The van der Waals surface area contributed by atoms with Crippen molar-refractivity contribution in [2.45, 2.75) is 25.9 Å². The van der Waals surface area contributed by atoms with Gasteiger partial charge in [0, 0.05) is 24.5 Å². The standard InChI is InChI=1S/C20H19N3O3S/c21-9-16-13-6-7-23(10-12-4-2-1-3-5-12)11-17(13)27-19(16)22-18(24)14-8-15(14)20(25)26/h1-5,14-15H,6-8,10-11H2,(H,22,24)(H,25,26). The number of hydrogen-bond acceptors (Lipinski definition) is 5. The molecular weight excluding hydrogens is 362 g/mol. The van der Waals surface area contributed by atoms with Gasteiger partial charge in [0.2, 0.25) is 5.91 Å². The fourth-order valence-corrected chi connectivity index (χ4v) is 4.84. The predicted octanol–water partition coefficient (Wildman–Crippen LogP) is 2.84. The van der Waals surface area contributed by atoms with Gasteiger partial charge in [-0.3, -0.25) is 14.5 Å². The van der Waals surface area contributed by atoms with Gasteiger partial charge in [-0.1, -0.05) is 30.3 Å². The maximum absolute atomic E-state index is 12.3. The third kappa shape index (κ3) is 3.59. The molecule has 2 aromatic rings. The molecule has 1 aromatic carbocycles. The van der Waals surface area contributed by atoms with Crippen molar-refractivity contribution < 1.29 is 14.7 Å². The third-order valence-corrected chi connectivity index (χ3v) is 6.31. The molecule has 1 aliphatic carbocycles. The summed E-state index contributed by atoms with van der Waals surface area (Å²) in [6, 6.07) is 12.5. The number of rotatable bonds is 5. The molecule has 2 aliphatic rings. The smallest absolute Gasteiger partial charge is 0.307 e. The van der Waals surface area contributed by atoms with Gasteiger partial charge in [-0.2, -0.15) is 5.26 Å². The van der Waals surface area contributed by atoms with Gasteiger partial charge in [0.25, 0.3) is 0 Å². The first-order valence-corrected chi connectivity index (χ1v) is 9.73. The maximum atomic E-state index is 12.3. The molecule has 2 N–H and O–H groups in total. The summed E-state index contributed by atoms with van der Waals surface area (Å²) in [5.74, 6) is -2.30. The topological polar surface area (TPSA) is 93.4 Å². The van der Waals surface area contributed by atoms with Gasteiger partial charge >= 0.3 is 5.97 Å². The quantitative estimate of drug-likeness (QED) is 0.831. The van der Waals surface area contributed by atoms with Crippen molar-refractivity contribution in [2.24, 2.45) is 11.8 Å². The Labute approximate surface area is 161 Å². The summed E-state index contributed by atoms with van der Waals surface area (Å²) in [6.45, 7) is 2.47. The minimum Gasteiger partial charge on any atom is -0.481 e.